The average molecular weight is 350 g/mol. The molecule has 0 saturated carbocycles. The smallest absolute Gasteiger partial charge is 0.326 e. The molecule has 0 N–H and O–H groups in total. The van der Waals surface area contributed by atoms with Crippen LogP contribution in [-0.2, 0) is 16.1 Å². The maximum absolute atomic E-state index is 12.0. The summed E-state index contributed by atoms with van der Waals surface area (Å²) < 4.78 is 7.34. The highest BCUT2D eigenvalue weighted by Crippen LogP contribution is 2.23. The van der Waals surface area contributed by atoms with Crippen LogP contribution in [0, 0.1) is 0 Å². The van der Waals surface area contributed by atoms with Crippen LogP contribution in [0.15, 0.2) is 36.5 Å². The average Bonchev–Trinajstić information content (AvgIpc) is 2.73. The third-order valence-corrected chi connectivity index (χ3v) is 3.30. The van der Waals surface area contributed by atoms with Crippen LogP contribution in [0.4, 0.5) is 0 Å². The molecule has 0 aliphatic heterocycles. The summed E-state index contributed by atoms with van der Waals surface area (Å²) in [5.41, 5.74) is 1.69. The number of hydrogen-bond acceptors (Lipinski definition) is 2. The summed E-state index contributed by atoms with van der Waals surface area (Å²) in [5, 5.41) is 1.94. The van der Waals surface area contributed by atoms with Crippen LogP contribution >= 0.6 is 15.9 Å². The van der Waals surface area contributed by atoms with Crippen molar-refractivity contribution < 1.29 is 9.53 Å². The zero-order valence-electron chi connectivity index (χ0n) is 12.6. The van der Waals surface area contributed by atoms with Gasteiger partial charge in [0.15, 0.2) is 0 Å². The van der Waals surface area contributed by atoms with Crippen LogP contribution in [0.1, 0.15) is 26.3 Å². The quantitative estimate of drug-likeness (QED) is 0.605. The number of aromatic nitrogens is 1. The predicted octanol–water partition coefficient (Wildman–Crippen LogP) is 4.39. The number of para-hydroxylation sites is 1. The molecule has 1 heterocycles. The minimum Gasteiger partial charge on any atom is -0.459 e. The largest absolute Gasteiger partial charge is 0.459 e. The van der Waals surface area contributed by atoms with Crippen LogP contribution in [-0.4, -0.2) is 21.5 Å². The molecule has 2 aromatic rings. The number of alkyl halides is 1. The summed E-state index contributed by atoms with van der Waals surface area (Å²) in [4.78, 5) is 12.0. The van der Waals surface area contributed by atoms with Crippen molar-refractivity contribution in [1.82, 2.24) is 4.57 Å². The molecular formula is C17H20BrNO2. The van der Waals surface area contributed by atoms with Crippen LogP contribution in [0.2, 0.25) is 0 Å². The third-order valence-electron chi connectivity index (χ3n) is 2.93. The lowest BCUT2D eigenvalue weighted by Gasteiger charge is -2.19. The van der Waals surface area contributed by atoms with Crippen LogP contribution < -0.4 is 0 Å². The fourth-order valence-electron chi connectivity index (χ4n) is 2.22. The van der Waals surface area contributed by atoms with E-state index < -0.39 is 5.60 Å². The Labute approximate surface area is 133 Å². The van der Waals surface area contributed by atoms with E-state index >= 15 is 0 Å². The molecule has 0 saturated heterocycles. The standard InChI is InChI=1S/C17H20BrNO2/c1-17(2,3)21-16(20)12-19-11-13(7-6-10-18)14-8-4-5-9-15(14)19/h4-9,11H,10,12H2,1-3H3. The maximum Gasteiger partial charge on any atom is 0.326 e. The minimum absolute atomic E-state index is 0.222. The number of ether oxygens (including phenoxy) is 1. The van der Waals surface area contributed by atoms with Gasteiger partial charge in [-0.1, -0.05) is 46.3 Å². The molecule has 4 heteroatoms. The molecule has 0 aliphatic carbocycles. The van der Waals surface area contributed by atoms with Crippen molar-refractivity contribution in [1.29, 1.82) is 0 Å². The van der Waals surface area contributed by atoms with Crippen molar-refractivity contribution in [2.75, 3.05) is 5.33 Å². The first-order chi connectivity index (χ1) is 9.90. The number of allylic oxidation sites excluding steroid dienone is 1. The first-order valence-electron chi connectivity index (χ1n) is 6.93. The fourth-order valence-corrected chi connectivity index (χ4v) is 2.41. The monoisotopic (exact) mass is 349 g/mol. The molecule has 1 aromatic heterocycles. The predicted molar refractivity (Wildman–Crippen MR) is 90.6 cm³/mol. The Morgan fingerprint density at radius 2 is 2.05 bits per heavy atom. The minimum atomic E-state index is -0.460. The Bertz CT molecular complexity index is 665. The van der Waals surface area contributed by atoms with Crippen LogP contribution in [0.25, 0.3) is 17.0 Å². The molecule has 0 aliphatic rings. The van der Waals surface area contributed by atoms with E-state index in [9.17, 15) is 4.79 Å². The Morgan fingerprint density at radius 1 is 1.33 bits per heavy atom. The Balaban J connectivity index is 2.32. The lowest BCUT2D eigenvalue weighted by atomic mass is 10.2. The van der Waals surface area contributed by atoms with E-state index in [0.717, 1.165) is 21.8 Å². The number of nitrogens with zero attached hydrogens (tertiary/aromatic N) is 1. The summed E-state index contributed by atoms with van der Waals surface area (Å²) in [6.07, 6.45) is 6.09. The molecule has 0 fully saturated rings. The lowest BCUT2D eigenvalue weighted by Crippen LogP contribution is -2.26. The van der Waals surface area contributed by atoms with Gasteiger partial charge in [-0.15, -0.1) is 0 Å². The molecule has 21 heavy (non-hydrogen) atoms. The zero-order chi connectivity index (χ0) is 15.5. The van der Waals surface area contributed by atoms with Crippen molar-refractivity contribution in [2.45, 2.75) is 32.9 Å². The van der Waals surface area contributed by atoms with Crippen LogP contribution in [0.3, 0.4) is 0 Å². The molecule has 112 valence electrons. The van der Waals surface area contributed by atoms with Gasteiger partial charge in [-0.3, -0.25) is 4.79 Å². The topological polar surface area (TPSA) is 31.2 Å². The first kappa shape index (κ1) is 15.8. The van der Waals surface area contributed by atoms with E-state index in [0.29, 0.717) is 0 Å². The van der Waals surface area contributed by atoms with Gasteiger partial charge in [-0.25, -0.2) is 0 Å². The summed E-state index contributed by atoms with van der Waals surface area (Å²) in [7, 11) is 0. The fraction of sp³-hybridized carbons (Fsp3) is 0.353. The van der Waals surface area contributed by atoms with Gasteiger partial charge in [0, 0.05) is 22.4 Å². The molecule has 0 amide bonds. The van der Waals surface area contributed by atoms with Gasteiger partial charge in [-0.2, -0.15) is 0 Å². The lowest BCUT2D eigenvalue weighted by molar-refractivity contribution is -0.155. The number of carbonyl (C=O) groups excluding carboxylic acids is 1. The second-order valence-electron chi connectivity index (χ2n) is 5.87. The second-order valence-corrected chi connectivity index (χ2v) is 6.52. The Morgan fingerprint density at radius 3 is 2.71 bits per heavy atom. The number of hydrogen-bond donors (Lipinski definition) is 0. The maximum atomic E-state index is 12.0. The van der Waals surface area contributed by atoms with Crippen molar-refractivity contribution in [2.24, 2.45) is 0 Å². The van der Waals surface area contributed by atoms with E-state index in [1.54, 1.807) is 0 Å². The first-order valence-corrected chi connectivity index (χ1v) is 8.05. The molecule has 0 unspecified atom stereocenters. The Hall–Kier alpha value is -1.55. The molecule has 0 radical (unpaired) electrons. The van der Waals surface area contributed by atoms with Gasteiger partial charge < -0.3 is 9.30 Å². The van der Waals surface area contributed by atoms with Crippen molar-refractivity contribution in [3.8, 4) is 0 Å². The van der Waals surface area contributed by atoms with E-state index in [4.69, 9.17) is 4.74 Å². The van der Waals surface area contributed by atoms with Crippen LogP contribution in [0.5, 0.6) is 0 Å². The summed E-state index contributed by atoms with van der Waals surface area (Å²) >= 11 is 3.38. The highest BCUT2D eigenvalue weighted by molar-refractivity contribution is 9.09. The normalized spacial score (nSPS) is 12.2. The van der Waals surface area contributed by atoms with E-state index in [2.05, 4.69) is 28.1 Å². The highest BCUT2D eigenvalue weighted by Gasteiger charge is 2.17. The number of rotatable bonds is 4. The number of halogens is 1. The molecule has 0 spiro atoms. The van der Waals surface area contributed by atoms with Crippen molar-refractivity contribution >= 4 is 38.9 Å². The number of fused-ring (bicyclic) bond motifs is 1. The van der Waals surface area contributed by atoms with Crippen molar-refractivity contribution in [3.05, 3.63) is 42.1 Å². The van der Waals surface area contributed by atoms with Gasteiger partial charge in [0.2, 0.25) is 0 Å². The van der Waals surface area contributed by atoms with E-state index in [1.165, 1.54) is 0 Å². The molecule has 0 bridgehead atoms. The molecular weight excluding hydrogens is 330 g/mol. The van der Waals surface area contributed by atoms with Gasteiger partial charge in [-0.05, 0) is 32.4 Å². The molecule has 0 atom stereocenters. The van der Waals surface area contributed by atoms with Gasteiger partial charge in [0.25, 0.3) is 0 Å². The van der Waals surface area contributed by atoms with E-state index in [-0.39, 0.29) is 12.5 Å². The van der Waals surface area contributed by atoms with Gasteiger partial charge in [0.05, 0.1) is 0 Å². The van der Waals surface area contributed by atoms with Gasteiger partial charge in [0.1, 0.15) is 12.1 Å². The molecule has 2 rings (SSSR count). The summed E-state index contributed by atoms with van der Waals surface area (Å²) in [5.74, 6) is -0.223. The second kappa shape index (κ2) is 6.48. The number of esters is 1. The van der Waals surface area contributed by atoms with Gasteiger partial charge >= 0.3 is 5.97 Å². The zero-order valence-corrected chi connectivity index (χ0v) is 14.2. The Kier molecular flexibility index (Phi) is 4.88. The third kappa shape index (κ3) is 4.21. The highest BCUT2D eigenvalue weighted by atomic mass is 79.9. The SMILES string of the molecule is CC(C)(C)OC(=O)Cn1cc(C=CCBr)c2ccccc21. The summed E-state index contributed by atoms with van der Waals surface area (Å²) in [6, 6.07) is 8.07. The van der Waals surface area contributed by atoms with Crippen molar-refractivity contribution in [3.63, 3.8) is 0 Å². The number of carbonyl (C=O) groups is 1. The summed E-state index contributed by atoms with van der Waals surface area (Å²) in [6.45, 7) is 5.86. The molecule has 1 aromatic carbocycles. The number of benzene rings is 1. The van der Waals surface area contributed by atoms with E-state index in [1.807, 2.05) is 55.8 Å². The molecule has 3 nitrogen and oxygen atoms in total.